The minimum atomic E-state index is -0.510. The smallest absolute Gasteiger partial charge is 0.137 e. The van der Waals surface area contributed by atoms with Crippen LogP contribution in [0.25, 0.3) is 0 Å². The standard InChI is InChI=1S/C17H17F2N3.C2H6/c1-14(18)5-3-4-10-17(2,11-22-13-20-12-21-22)15-6-8-16(19)9-7-15;1-2/h3-10,12-13H,1,11H2,2H3;1-2H3/b5-3-,10-4+;. The van der Waals surface area contributed by atoms with Crippen LogP contribution in [0.2, 0.25) is 0 Å². The molecule has 1 aromatic heterocycles. The first-order valence-electron chi connectivity index (χ1n) is 7.78. The Bertz CT molecular complexity index is 673. The number of aromatic nitrogens is 3. The van der Waals surface area contributed by atoms with Gasteiger partial charge in [-0.2, -0.15) is 5.10 Å². The SMILES string of the molecule is C=C(F)/C=C\C=C\C(C)(Cn1cncn1)c1ccc(F)cc1.CC. The fraction of sp³-hybridized carbons (Fsp3) is 0.263. The van der Waals surface area contributed by atoms with Crippen LogP contribution in [0.15, 0.2) is 73.6 Å². The molecule has 0 aliphatic heterocycles. The van der Waals surface area contributed by atoms with E-state index in [0.717, 1.165) is 5.56 Å². The zero-order valence-corrected chi connectivity index (χ0v) is 14.3. The summed E-state index contributed by atoms with van der Waals surface area (Å²) in [7, 11) is 0. The normalized spacial score (nSPS) is 13.5. The van der Waals surface area contributed by atoms with Crippen molar-refractivity contribution in [2.24, 2.45) is 0 Å². The van der Waals surface area contributed by atoms with Gasteiger partial charge in [0.15, 0.2) is 0 Å². The molecule has 0 bridgehead atoms. The van der Waals surface area contributed by atoms with E-state index in [1.807, 2.05) is 26.8 Å². The van der Waals surface area contributed by atoms with Crippen molar-refractivity contribution >= 4 is 0 Å². The van der Waals surface area contributed by atoms with Gasteiger partial charge >= 0.3 is 0 Å². The highest BCUT2D eigenvalue weighted by Crippen LogP contribution is 2.27. The molecule has 2 aromatic rings. The highest BCUT2D eigenvalue weighted by Gasteiger charge is 2.24. The van der Waals surface area contributed by atoms with Crippen molar-refractivity contribution in [3.63, 3.8) is 0 Å². The topological polar surface area (TPSA) is 30.7 Å². The lowest BCUT2D eigenvalue weighted by Crippen LogP contribution is -2.26. The van der Waals surface area contributed by atoms with Gasteiger partial charge in [0.1, 0.15) is 24.3 Å². The minimum Gasteiger partial charge on any atom is -0.252 e. The van der Waals surface area contributed by atoms with Gasteiger partial charge in [-0.15, -0.1) is 0 Å². The van der Waals surface area contributed by atoms with Crippen molar-refractivity contribution in [1.29, 1.82) is 0 Å². The predicted octanol–water partition coefficient (Wildman–Crippen LogP) is 5.00. The summed E-state index contributed by atoms with van der Waals surface area (Å²) in [4.78, 5) is 3.93. The summed E-state index contributed by atoms with van der Waals surface area (Å²) in [6.07, 6.45) is 9.59. The number of allylic oxidation sites excluding steroid dienone is 5. The minimum absolute atomic E-state index is 0.288. The van der Waals surface area contributed by atoms with E-state index < -0.39 is 11.2 Å². The molecular formula is C19H23F2N3. The summed E-state index contributed by atoms with van der Waals surface area (Å²) < 4.78 is 27.5. The second-order valence-electron chi connectivity index (χ2n) is 5.18. The van der Waals surface area contributed by atoms with E-state index >= 15 is 0 Å². The Kier molecular flexibility index (Phi) is 7.75. The summed E-state index contributed by atoms with van der Waals surface area (Å²) in [5.41, 5.74) is 0.483. The van der Waals surface area contributed by atoms with Crippen molar-refractivity contribution < 1.29 is 8.78 Å². The number of rotatable bonds is 6. The molecule has 0 amide bonds. The lowest BCUT2D eigenvalue weighted by Gasteiger charge is -2.26. The van der Waals surface area contributed by atoms with Gasteiger partial charge < -0.3 is 0 Å². The Morgan fingerprint density at radius 2 is 1.92 bits per heavy atom. The van der Waals surface area contributed by atoms with Gasteiger partial charge in [0.05, 0.1) is 6.54 Å². The molecule has 0 saturated carbocycles. The molecule has 1 heterocycles. The fourth-order valence-corrected chi connectivity index (χ4v) is 2.15. The van der Waals surface area contributed by atoms with Gasteiger partial charge in [-0.25, -0.2) is 13.8 Å². The maximum Gasteiger partial charge on any atom is 0.137 e. The van der Waals surface area contributed by atoms with Gasteiger partial charge in [0, 0.05) is 5.41 Å². The Balaban J connectivity index is 0.00000139. The maximum absolute atomic E-state index is 13.1. The number of nitrogens with zero attached hydrogens (tertiary/aromatic N) is 3. The second kappa shape index (κ2) is 9.55. The van der Waals surface area contributed by atoms with E-state index in [-0.39, 0.29) is 5.82 Å². The lowest BCUT2D eigenvalue weighted by molar-refractivity contribution is 0.450. The molecule has 0 N–H and O–H groups in total. The summed E-state index contributed by atoms with van der Waals surface area (Å²) in [6.45, 7) is 9.69. The highest BCUT2D eigenvalue weighted by molar-refractivity contribution is 5.31. The van der Waals surface area contributed by atoms with Crippen LogP contribution in [-0.2, 0) is 12.0 Å². The number of benzene rings is 1. The van der Waals surface area contributed by atoms with Crippen LogP contribution in [0.3, 0.4) is 0 Å². The van der Waals surface area contributed by atoms with E-state index in [9.17, 15) is 8.78 Å². The van der Waals surface area contributed by atoms with Crippen LogP contribution >= 0.6 is 0 Å². The third-order valence-corrected chi connectivity index (χ3v) is 3.31. The molecule has 128 valence electrons. The molecule has 1 aromatic carbocycles. The van der Waals surface area contributed by atoms with Crippen molar-refractivity contribution in [2.45, 2.75) is 32.7 Å². The van der Waals surface area contributed by atoms with E-state index in [0.29, 0.717) is 6.54 Å². The number of halogens is 2. The predicted molar refractivity (Wildman–Crippen MR) is 93.7 cm³/mol. The quantitative estimate of drug-likeness (QED) is 0.698. The zero-order chi connectivity index (χ0) is 18.0. The average molecular weight is 331 g/mol. The van der Waals surface area contributed by atoms with Crippen LogP contribution in [-0.4, -0.2) is 14.8 Å². The summed E-state index contributed by atoms with van der Waals surface area (Å²) >= 11 is 0. The first kappa shape index (κ1) is 19.5. The highest BCUT2D eigenvalue weighted by atomic mass is 19.1. The largest absolute Gasteiger partial charge is 0.252 e. The molecule has 2 rings (SSSR count). The van der Waals surface area contributed by atoms with Crippen LogP contribution < -0.4 is 0 Å². The molecule has 0 radical (unpaired) electrons. The Morgan fingerprint density at radius 1 is 1.25 bits per heavy atom. The Hall–Kier alpha value is -2.56. The lowest BCUT2D eigenvalue weighted by atomic mass is 9.82. The van der Waals surface area contributed by atoms with Gasteiger partial charge in [0.25, 0.3) is 0 Å². The van der Waals surface area contributed by atoms with Crippen molar-refractivity contribution in [2.75, 3.05) is 0 Å². The molecule has 5 heteroatoms. The summed E-state index contributed by atoms with van der Waals surface area (Å²) in [5.74, 6) is -0.797. The molecule has 1 atom stereocenters. The van der Waals surface area contributed by atoms with E-state index in [1.54, 1.807) is 35.3 Å². The zero-order valence-electron chi connectivity index (χ0n) is 14.3. The molecule has 0 saturated heterocycles. The van der Waals surface area contributed by atoms with E-state index in [4.69, 9.17) is 0 Å². The molecule has 0 aliphatic carbocycles. The van der Waals surface area contributed by atoms with Crippen LogP contribution in [0, 0.1) is 5.82 Å². The number of hydrogen-bond acceptors (Lipinski definition) is 2. The average Bonchev–Trinajstić information content (AvgIpc) is 3.07. The van der Waals surface area contributed by atoms with Crippen LogP contribution in [0.1, 0.15) is 26.3 Å². The maximum atomic E-state index is 13.1. The molecule has 24 heavy (non-hydrogen) atoms. The van der Waals surface area contributed by atoms with Gasteiger partial charge in [-0.05, 0) is 23.8 Å². The number of hydrogen-bond donors (Lipinski definition) is 0. The Morgan fingerprint density at radius 3 is 2.46 bits per heavy atom. The first-order chi connectivity index (χ1) is 11.5. The monoisotopic (exact) mass is 331 g/mol. The first-order valence-corrected chi connectivity index (χ1v) is 7.78. The third kappa shape index (κ3) is 5.91. The van der Waals surface area contributed by atoms with Crippen molar-refractivity contribution in [1.82, 2.24) is 14.8 Å². The van der Waals surface area contributed by atoms with E-state index in [1.165, 1.54) is 24.5 Å². The fourth-order valence-electron chi connectivity index (χ4n) is 2.15. The summed E-state index contributed by atoms with van der Waals surface area (Å²) in [6, 6.07) is 6.30. The van der Waals surface area contributed by atoms with E-state index in [2.05, 4.69) is 16.7 Å². The Labute approximate surface area is 142 Å². The van der Waals surface area contributed by atoms with Crippen molar-refractivity contribution in [3.8, 4) is 0 Å². The van der Waals surface area contributed by atoms with Crippen molar-refractivity contribution in [3.05, 3.63) is 85.0 Å². The van der Waals surface area contributed by atoms with Crippen LogP contribution in [0.5, 0.6) is 0 Å². The van der Waals surface area contributed by atoms with Gasteiger partial charge in [-0.1, -0.05) is 57.7 Å². The summed E-state index contributed by atoms with van der Waals surface area (Å²) in [5, 5.41) is 4.11. The molecule has 1 unspecified atom stereocenters. The third-order valence-electron chi connectivity index (χ3n) is 3.31. The molecule has 3 nitrogen and oxygen atoms in total. The van der Waals surface area contributed by atoms with Crippen LogP contribution in [0.4, 0.5) is 8.78 Å². The van der Waals surface area contributed by atoms with Gasteiger partial charge in [-0.3, -0.25) is 4.68 Å². The molecular weight excluding hydrogens is 308 g/mol. The van der Waals surface area contributed by atoms with Gasteiger partial charge in [0.2, 0.25) is 0 Å². The molecule has 0 spiro atoms. The second-order valence-corrected chi connectivity index (χ2v) is 5.18. The molecule has 0 fully saturated rings. The molecule has 0 aliphatic rings.